The number of carbonyl (C=O) groups excluding carboxylic acids is 1. The van der Waals surface area contributed by atoms with Gasteiger partial charge in [0.2, 0.25) is 5.91 Å². The van der Waals surface area contributed by atoms with Gasteiger partial charge in [-0.05, 0) is 38.6 Å². The van der Waals surface area contributed by atoms with Crippen LogP contribution in [0.15, 0.2) is 24.3 Å². The highest BCUT2D eigenvalue weighted by molar-refractivity contribution is 5.79. The van der Waals surface area contributed by atoms with Gasteiger partial charge in [0.15, 0.2) is 0 Å². The zero-order valence-electron chi connectivity index (χ0n) is 15.1. The summed E-state index contributed by atoms with van der Waals surface area (Å²) in [6.07, 6.45) is 2.25. The number of hydrogen-bond acceptors (Lipinski definition) is 3. The molecule has 0 N–H and O–H groups in total. The van der Waals surface area contributed by atoms with E-state index < -0.39 is 0 Å². The Morgan fingerprint density at radius 2 is 2.04 bits per heavy atom. The van der Waals surface area contributed by atoms with E-state index in [2.05, 4.69) is 62.0 Å². The van der Waals surface area contributed by atoms with Crippen LogP contribution in [-0.4, -0.2) is 60.9 Å². The van der Waals surface area contributed by atoms with Gasteiger partial charge in [-0.25, -0.2) is 0 Å². The SMILES string of the molecule is CCCCN1CCN(Cc2cccc([C@@H](C)N(C)C)c2)CC1=O. The molecule has 1 fully saturated rings. The first kappa shape index (κ1) is 18.0. The summed E-state index contributed by atoms with van der Waals surface area (Å²) in [5.41, 5.74) is 2.63. The average Bonchev–Trinajstić information content (AvgIpc) is 2.53. The molecule has 0 radical (unpaired) electrons. The summed E-state index contributed by atoms with van der Waals surface area (Å²) in [6, 6.07) is 9.16. The lowest BCUT2D eigenvalue weighted by Gasteiger charge is -2.34. The van der Waals surface area contributed by atoms with Crippen LogP contribution < -0.4 is 0 Å². The Labute approximate surface area is 141 Å². The molecule has 1 atom stereocenters. The van der Waals surface area contributed by atoms with Crippen LogP contribution in [0, 0.1) is 0 Å². The fraction of sp³-hybridized carbons (Fsp3) is 0.632. The fourth-order valence-electron chi connectivity index (χ4n) is 2.99. The third kappa shape index (κ3) is 5.05. The van der Waals surface area contributed by atoms with E-state index in [-0.39, 0.29) is 5.91 Å². The minimum atomic E-state index is 0.280. The van der Waals surface area contributed by atoms with Crippen LogP contribution in [0.5, 0.6) is 0 Å². The number of rotatable bonds is 7. The normalized spacial score (nSPS) is 17.8. The molecule has 128 valence electrons. The molecule has 1 saturated heterocycles. The van der Waals surface area contributed by atoms with Crippen molar-refractivity contribution in [2.24, 2.45) is 0 Å². The Balaban J connectivity index is 1.93. The summed E-state index contributed by atoms with van der Waals surface area (Å²) < 4.78 is 0. The number of benzene rings is 1. The van der Waals surface area contributed by atoms with Gasteiger partial charge in [0, 0.05) is 32.2 Å². The lowest BCUT2D eigenvalue weighted by atomic mass is 10.0. The Hall–Kier alpha value is -1.39. The van der Waals surface area contributed by atoms with Gasteiger partial charge in [0.25, 0.3) is 0 Å². The highest BCUT2D eigenvalue weighted by Gasteiger charge is 2.23. The summed E-state index contributed by atoms with van der Waals surface area (Å²) >= 11 is 0. The van der Waals surface area contributed by atoms with Gasteiger partial charge in [-0.1, -0.05) is 37.6 Å². The van der Waals surface area contributed by atoms with E-state index >= 15 is 0 Å². The zero-order valence-corrected chi connectivity index (χ0v) is 15.1. The zero-order chi connectivity index (χ0) is 16.8. The summed E-state index contributed by atoms with van der Waals surface area (Å²) in [6.45, 7) is 8.56. The van der Waals surface area contributed by atoms with Gasteiger partial charge in [-0.2, -0.15) is 0 Å². The van der Waals surface area contributed by atoms with Crippen LogP contribution in [0.1, 0.15) is 43.9 Å². The van der Waals surface area contributed by atoms with Gasteiger partial charge < -0.3 is 9.80 Å². The molecular formula is C19H31N3O. The number of nitrogens with zero attached hydrogens (tertiary/aromatic N) is 3. The van der Waals surface area contributed by atoms with Crippen LogP contribution in [0.4, 0.5) is 0 Å². The lowest BCUT2D eigenvalue weighted by molar-refractivity contribution is -0.136. The molecule has 4 heteroatoms. The quantitative estimate of drug-likeness (QED) is 0.774. The van der Waals surface area contributed by atoms with Crippen molar-refractivity contribution < 1.29 is 4.79 Å². The molecule has 0 saturated carbocycles. The Kier molecular flexibility index (Phi) is 6.60. The van der Waals surface area contributed by atoms with Gasteiger partial charge >= 0.3 is 0 Å². The van der Waals surface area contributed by atoms with E-state index in [1.807, 2.05) is 4.90 Å². The van der Waals surface area contributed by atoms with E-state index in [0.717, 1.165) is 39.0 Å². The monoisotopic (exact) mass is 317 g/mol. The second-order valence-electron chi connectivity index (χ2n) is 6.83. The minimum absolute atomic E-state index is 0.280. The molecule has 2 rings (SSSR count). The van der Waals surface area contributed by atoms with Crippen molar-refractivity contribution in [3.63, 3.8) is 0 Å². The van der Waals surface area contributed by atoms with Crippen LogP contribution in [0.3, 0.4) is 0 Å². The molecule has 1 heterocycles. The Morgan fingerprint density at radius 3 is 2.70 bits per heavy atom. The van der Waals surface area contributed by atoms with Gasteiger partial charge in [0.1, 0.15) is 0 Å². The summed E-state index contributed by atoms with van der Waals surface area (Å²) in [7, 11) is 4.21. The maximum absolute atomic E-state index is 12.2. The largest absolute Gasteiger partial charge is 0.340 e. The standard InChI is InChI=1S/C19H31N3O/c1-5-6-10-22-12-11-21(15-19(22)23)14-17-8-7-9-18(13-17)16(2)20(3)4/h7-9,13,16H,5-6,10-12,14-15H2,1-4H3/t16-/m1/s1. The molecule has 0 unspecified atom stereocenters. The predicted octanol–water partition coefficient (Wildman–Crippen LogP) is 2.75. The number of unbranched alkanes of at least 4 members (excludes halogenated alkanes) is 1. The fourth-order valence-corrected chi connectivity index (χ4v) is 2.99. The molecule has 0 bridgehead atoms. The van der Waals surface area contributed by atoms with E-state index in [1.54, 1.807) is 0 Å². The third-order valence-electron chi connectivity index (χ3n) is 4.79. The van der Waals surface area contributed by atoms with Crippen molar-refractivity contribution in [1.29, 1.82) is 0 Å². The van der Waals surface area contributed by atoms with Crippen molar-refractivity contribution in [2.75, 3.05) is 40.3 Å². The number of amides is 1. The summed E-state index contributed by atoms with van der Waals surface area (Å²) in [5.74, 6) is 0.280. The second-order valence-corrected chi connectivity index (χ2v) is 6.83. The van der Waals surface area contributed by atoms with Crippen molar-refractivity contribution in [2.45, 2.75) is 39.3 Å². The number of piperazine rings is 1. The maximum atomic E-state index is 12.2. The molecule has 1 aromatic rings. The van der Waals surface area contributed by atoms with Crippen molar-refractivity contribution in [3.8, 4) is 0 Å². The Morgan fingerprint density at radius 1 is 1.26 bits per heavy atom. The van der Waals surface area contributed by atoms with Crippen LogP contribution in [-0.2, 0) is 11.3 Å². The Bertz CT molecular complexity index is 515. The topological polar surface area (TPSA) is 26.8 Å². The van der Waals surface area contributed by atoms with Crippen molar-refractivity contribution in [1.82, 2.24) is 14.7 Å². The van der Waals surface area contributed by atoms with E-state index in [0.29, 0.717) is 12.6 Å². The summed E-state index contributed by atoms with van der Waals surface area (Å²) in [4.78, 5) is 18.7. The van der Waals surface area contributed by atoms with Gasteiger partial charge in [-0.3, -0.25) is 9.69 Å². The second kappa shape index (κ2) is 8.46. The molecule has 4 nitrogen and oxygen atoms in total. The highest BCUT2D eigenvalue weighted by Crippen LogP contribution is 2.19. The average molecular weight is 317 g/mol. The highest BCUT2D eigenvalue weighted by atomic mass is 16.2. The molecule has 23 heavy (non-hydrogen) atoms. The van der Waals surface area contributed by atoms with E-state index in [1.165, 1.54) is 11.1 Å². The minimum Gasteiger partial charge on any atom is -0.340 e. The molecule has 0 spiro atoms. The van der Waals surface area contributed by atoms with Crippen LogP contribution in [0.2, 0.25) is 0 Å². The molecule has 1 aromatic carbocycles. The van der Waals surface area contributed by atoms with Crippen LogP contribution in [0.25, 0.3) is 0 Å². The first-order valence-corrected chi connectivity index (χ1v) is 8.76. The van der Waals surface area contributed by atoms with E-state index in [4.69, 9.17) is 0 Å². The molecule has 1 aliphatic heterocycles. The first-order valence-electron chi connectivity index (χ1n) is 8.76. The van der Waals surface area contributed by atoms with Crippen LogP contribution >= 0.6 is 0 Å². The summed E-state index contributed by atoms with van der Waals surface area (Å²) in [5, 5.41) is 0. The smallest absolute Gasteiger partial charge is 0.236 e. The maximum Gasteiger partial charge on any atom is 0.236 e. The molecule has 0 aliphatic carbocycles. The van der Waals surface area contributed by atoms with Gasteiger partial charge in [-0.15, -0.1) is 0 Å². The van der Waals surface area contributed by atoms with Crippen molar-refractivity contribution in [3.05, 3.63) is 35.4 Å². The number of hydrogen-bond donors (Lipinski definition) is 0. The van der Waals surface area contributed by atoms with Gasteiger partial charge in [0.05, 0.1) is 6.54 Å². The lowest BCUT2D eigenvalue weighted by Crippen LogP contribution is -2.50. The molecule has 1 aliphatic rings. The first-order chi connectivity index (χ1) is 11.0. The molecular weight excluding hydrogens is 286 g/mol. The predicted molar refractivity (Wildman–Crippen MR) is 95.3 cm³/mol. The molecule has 1 amide bonds. The molecule has 0 aromatic heterocycles. The number of carbonyl (C=O) groups is 1. The third-order valence-corrected chi connectivity index (χ3v) is 4.79. The van der Waals surface area contributed by atoms with Crippen molar-refractivity contribution >= 4 is 5.91 Å². The van der Waals surface area contributed by atoms with E-state index in [9.17, 15) is 4.79 Å².